The van der Waals surface area contributed by atoms with Crippen LogP contribution in [0.3, 0.4) is 0 Å². The Labute approximate surface area is 378 Å². The van der Waals surface area contributed by atoms with E-state index in [-0.39, 0.29) is 0 Å². The molecule has 0 aromatic carbocycles. The second-order valence-corrected chi connectivity index (χ2v) is 16.8. The fourth-order valence-corrected chi connectivity index (χ4v) is 8.44. The van der Waals surface area contributed by atoms with Crippen LogP contribution in [0, 0.1) is 0 Å². The lowest BCUT2D eigenvalue weighted by atomic mass is 9.95. The first-order valence-electron chi connectivity index (χ1n) is 21.1. The molecule has 0 aromatic heterocycles. The molecule has 0 unspecified atom stereocenters. The third kappa shape index (κ3) is 11.2. The van der Waals surface area contributed by atoms with Gasteiger partial charge in [0.15, 0.2) is 37.7 Å². The van der Waals surface area contributed by atoms with Crippen LogP contribution in [0.5, 0.6) is 0 Å². The fraction of sp³-hybridized carbons (Fsp3) is 1.00. The molecule has 20 N–H and O–H groups in total. The first-order valence-corrected chi connectivity index (χ1v) is 21.1. The van der Waals surface area contributed by atoms with E-state index >= 15 is 0 Å². The lowest BCUT2D eigenvalue weighted by Crippen LogP contribution is -2.68. The smallest absolute Gasteiger partial charge is 0.189 e. The third-order valence-corrected chi connectivity index (χ3v) is 12.4. The number of aliphatic hydroxyl groups excluding tert-OH is 20. The maximum Gasteiger partial charge on any atom is 0.189 e. The molecular weight excluding hydrogens is 928 g/mol. The molecule has 0 aromatic rings. The van der Waals surface area contributed by atoms with Crippen molar-refractivity contribution in [2.45, 2.75) is 184 Å². The van der Waals surface area contributed by atoms with Crippen LogP contribution in [0.2, 0.25) is 0 Å². The van der Waals surface area contributed by atoms with Crippen molar-refractivity contribution in [3.8, 4) is 0 Å². The maximum absolute atomic E-state index is 11.2. The summed E-state index contributed by atoms with van der Waals surface area (Å²) in [7, 11) is 0. The van der Waals surface area contributed by atoms with Gasteiger partial charge in [-0.1, -0.05) is 0 Å². The first-order chi connectivity index (χ1) is 31.8. The van der Waals surface area contributed by atoms with E-state index in [0.29, 0.717) is 0 Å². The Kier molecular flexibility index (Phi) is 19.4. The van der Waals surface area contributed by atoms with Crippen LogP contribution in [0.15, 0.2) is 0 Å². The molecule has 67 heavy (non-hydrogen) atoms. The van der Waals surface area contributed by atoms with Gasteiger partial charge in [0.05, 0.1) is 39.6 Å². The summed E-state index contributed by atoms with van der Waals surface area (Å²) in [6, 6.07) is 0. The Morgan fingerprint density at radius 2 is 0.388 bits per heavy atom. The first kappa shape index (κ1) is 55.1. The molecule has 0 bridgehead atoms. The zero-order valence-electron chi connectivity index (χ0n) is 35.0. The second kappa shape index (κ2) is 23.5. The predicted molar refractivity (Wildman–Crippen MR) is 199 cm³/mol. The molecule has 6 fully saturated rings. The Balaban J connectivity index is 1.06. The van der Waals surface area contributed by atoms with Crippen molar-refractivity contribution < 1.29 is 154 Å². The molecule has 6 aliphatic rings. The maximum atomic E-state index is 11.2. The minimum absolute atomic E-state index is 0.828. The SMILES string of the molecule is OC[C@H]1O[C@@H](O[C@H]2O[C@H](CO)[C@@H](O[C@@H]3O[C@H](CO)[C@H](O[C@@H]4O[C@H](CO)[C@H](O[C@@H]5O[C@H](CO)[C@H](O[C@@H]6O[C@H](CO)[C@H](O)[C@H](O)[C@H]6O)[C@H](O)[C@H]5O)[C@H](O)[C@H]4O)[C@H](O)[C@H]3O)[C@H](O)[C@H]2O)[C@H](O)[C@@H](O)[C@H]1O. The normalized spacial score (nSPS) is 53.4. The van der Waals surface area contributed by atoms with E-state index < -0.39 is 224 Å². The van der Waals surface area contributed by atoms with Gasteiger partial charge < -0.3 is 154 Å². The lowest BCUT2D eigenvalue weighted by molar-refractivity contribution is -0.400. The molecular formula is C36H62O31. The highest BCUT2D eigenvalue weighted by Crippen LogP contribution is 2.36. The average Bonchev–Trinajstić information content (AvgIpc) is 3.32. The van der Waals surface area contributed by atoms with E-state index in [2.05, 4.69) is 0 Å². The number of aliphatic hydroxyl groups is 20. The van der Waals surface area contributed by atoms with Crippen LogP contribution in [-0.4, -0.2) is 326 Å². The zero-order chi connectivity index (χ0) is 49.3. The summed E-state index contributed by atoms with van der Waals surface area (Å²) in [5.41, 5.74) is 0. The molecule has 6 saturated heterocycles. The van der Waals surface area contributed by atoms with Crippen LogP contribution in [0.4, 0.5) is 0 Å². The Bertz CT molecular complexity index is 1500. The molecule has 392 valence electrons. The molecule has 30 atom stereocenters. The van der Waals surface area contributed by atoms with Crippen molar-refractivity contribution in [1.29, 1.82) is 0 Å². The molecule has 31 nitrogen and oxygen atoms in total. The van der Waals surface area contributed by atoms with Crippen molar-refractivity contribution in [1.82, 2.24) is 0 Å². The van der Waals surface area contributed by atoms with Crippen LogP contribution in [0.25, 0.3) is 0 Å². The zero-order valence-corrected chi connectivity index (χ0v) is 35.0. The Hall–Kier alpha value is -1.24. The third-order valence-electron chi connectivity index (χ3n) is 12.4. The van der Waals surface area contributed by atoms with Gasteiger partial charge in [-0.25, -0.2) is 0 Å². The lowest BCUT2D eigenvalue weighted by Gasteiger charge is -2.49. The quantitative estimate of drug-likeness (QED) is 0.0683. The molecule has 0 amide bonds. The molecule has 0 radical (unpaired) electrons. The topological polar surface area (TPSA) is 506 Å². The molecule has 0 saturated carbocycles. The summed E-state index contributed by atoms with van der Waals surface area (Å²) < 4.78 is 60.6. The van der Waals surface area contributed by atoms with E-state index in [1.54, 1.807) is 0 Å². The molecule has 6 aliphatic heterocycles. The second-order valence-electron chi connectivity index (χ2n) is 16.8. The summed E-state index contributed by atoms with van der Waals surface area (Å²) in [6.07, 6.45) is -56.5. The van der Waals surface area contributed by atoms with Crippen molar-refractivity contribution in [3.63, 3.8) is 0 Å². The van der Waals surface area contributed by atoms with Gasteiger partial charge in [-0.05, 0) is 0 Å². The molecule has 0 aliphatic carbocycles. The summed E-state index contributed by atoms with van der Waals surface area (Å²) in [6.45, 7) is -5.64. The van der Waals surface area contributed by atoms with Crippen LogP contribution >= 0.6 is 0 Å². The molecule has 6 rings (SSSR count). The van der Waals surface area contributed by atoms with Gasteiger partial charge >= 0.3 is 0 Å². The van der Waals surface area contributed by atoms with E-state index in [9.17, 15) is 102 Å². The summed E-state index contributed by atoms with van der Waals surface area (Å²) >= 11 is 0. The summed E-state index contributed by atoms with van der Waals surface area (Å²) in [4.78, 5) is 0. The fourth-order valence-electron chi connectivity index (χ4n) is 8.44. The van der Waals surface area contributed by atoms with Crippen molar-refractivity contribution >= 4 is 0 Å². The summed E-state index contributed by atoms with van der Waals surface area (Å²) in [5, 5.41) is 209. The Morgan fingerprint density at radius 1 is 0.209 bits per heavy atom. The van der Waals surface area contributed by atoms with Gasteiger partial charge in [0.25, 0.3) is 0 Å². The minimum Gasteiger partial charge on any atom is -0.394 e. The Morgan fingerprint density at radius 3 is 0.597 bits per heavy atom. The number of rotatable bonds is 16. The molecule has 0 spiro atoms. The van der Waals surface area contributed by atoms with Crippen LogP contribution in [0.1, 0.15) is 0 Å². The van der Waals surface area contributed by atoms with Crippen molar-refractivity contribution in [3.05, 3.63) is 0 Å². The van der Waals surface area contributed by atoms with Crippen LogP contribution in [-0.2, 0) is 52.1 Å². The largest absolute Gasteiger partial charge is 0.394 e. The van der Waals surface area contributed by atoms with Gasteiger partial charge in [0, 0.05) is 0 Å². The van der Waals surface area contributed by atoms with Gasteiger partial charge in [0.2, 0.25) is 0 Å². The standard InChI is InChI=1S/C36H62O31/c37-1-7-13(43)15(45)21(51)31(57-7)63-27-9(3-39)59-32(23(53)17(27)47)64-28-10(4-40)60-33(24(54)18(28)48)65-29-11(5-41)61-34(25(55)19(29)49)66-30-12(6-42)62-36(26(56)20(30)50)67-35-22(52)16(46)14(44)8(2-38)58-35/h7-56H,1-6H2/t7-,8-,9-,10-,11-,12-,13+,14+,15+,16+,17-,18-,19-,20-,21-,22-,23-,24-,25-,26-,27+,28+,29+,30-,31+,32+,33+,34+,35+,36-/m1/s1. The van der Waals surface area contributed by atoms with Crippen LogP contribution < -0.4 is 0 Å². The van der Waals surface area contributed by atoms with Gasteiger partial charge in [0.1, 0.15) is 146 Å². The van der Waals surface area contributed by atoms with E-state index in [0.717, 1.165) is 0 Å². The average molecular weight is 991 g/mol. The van der Waals surface area contributed by atoms with E-state index in [1.807, 2.05) is 0 Å². The van der Waals surface area contributed by atoms with Gasteiger partial charge in [-0.15, -0.1) is 0 Å². The summed E-state index contributed by atoms with van der Waals surface area (Å²) in [5.74, 6) is 0. The monoisotopic (exact) mass is 990 g/mol. The minimum atomic E-state index is -2.17. The highest BCUT2D eigenvalue weighted by atomic mass is 16.8. The van der Waals surface area contributed by atoms with E-state index in [4.69, 9.17) is 52.1 Å². The molecule has 6 heterocycles. The van der Waals surface area contributed by atoms with Gasteiger partial charge in [-0.3, -0.25) is 0 Å². The highest BCUT2D eigenvalue weighted by Gasteiger charge is 2.57. The number of ether oxygens (including phenoxy) is 11. The molecule has 31 heteroatoms. The van der Waals surface area contributed by atoms with Crippen molar-refractivity contribution in [2.24, 2.45) is 0 Å². The predicted octanol–water partition coefficient (Wildman–Crippen LogP) is -14.1. The number of hydrogen-bond acceptors (Lipinski definition) is 31. The van der Waals surface area contributed by atoms with Crippen molar-refractivity contribution in [2.75, 3.05) is 39.6 Å². The van der Waals surface area contributed by atoms with E-state index in [1.165, 1.54) is 0 Å². The number of hydrogen-bond donors (Lipinski definition) is 20. The van der Waals surface area contributed by atoms with Gasteiger partial charge in [-0.2, -0.15) is 0 Å². The highest BCUT2D eigenvalue weighted by molar-refractivity contribution is 4.99.